The molecule has 0 saturated carbocycles. The van der Waals surface area contributed by atoms with E-state index in [1.165, 1.54) is 0 Å². The number of pyridine rings is 1. The van der Waals surface area contributed by atoms with Crippen molar-refractivity contribution in [3.63, 3.8) is 0 Å². The summed E-state index contributed by atoms with van der Waals surface area (Å²) in [6.07, 6.45) is 1.69. The molecule has 0 fully saturated rings. The van der Waals surface area contributed by atoms with Crippen LogP contribution in [0.1, 0.15) is 21.7 Å². The summed E-state index contributed by atoms with van der Waals surface area (Å²) in [5, 5.41) is 10.4. The third-order valence-electron chi connectivity index (χ3n) is 3.35. The van der Waals surface area contributed by atoms with Crippen LogP contribution >= 0.6 is 0 Å². The summed E-state index contributed by atoms with van der Waals surface area (Å²) in [5.74, 6) is -0.256. The largest absolute Gasteiger partial charge is 0.398 e. The Balaban J connectivity index is 1.83. The second-order valence-electron chi connectivity index (χ2n) is 4.82. The highest BCUT2D eigenvalue weighted by molar-refractivity contribution is 5.99. The Morgan fingerprint density at radius 3 is 2.95 bits per heavy atom. The van der Waals surface area contributed by atoms with E-state index < -0.39 is 0 Å². The van der Waals surface area contributed by atoms with Gasteiger partial charge in [-0.3, -0.25) is 9.89 Å². The number of fused-ring (bicyclic) bond motifs is 1. The maximum Gasteiger partial charge on any atom is 0.270 e. The van der Waals surface area contributed by atoms with Crippen LogP contribution in [0.4, 0.5) is 5.69 Å². The molecule has 0 saturated heterocycles. The first-order valence-electron chi connectivity index (χ1n) is 6.57. The fourth-order valence-corrected chi connectivity index (χ4v) is 2.14. The van der Waals surface area contributed by atoms with E-state index in [-0.39, 0.29) is 5.91 Å². The summed E-state index contributed by atoms with van der Waals surface area (Å²) in [4.78, 5) is 16.5. The molecule has 6 heteroatoms. The quantitative estimate of drug-likeness (QED) is 0.681. The molecule has 21 heavy (non-hydrogen) atoms. The van der Waals surface area contributed by atoms with Crippen molar-refractivity contribution in [2.45, 2.75) is 13.5 Å². The van der Waals surface area contributed by atoms with Gasteiger partial charge in [0.25, 0.3) is 5.91 Å². The Bertz CT molecular complexity index is 809. The number of carbonyl (C=O) groups is 1. The molecule has 0 spiro atoms. The topological polar surface area (TPSA) is 96.7 Å². The van der Waals surface area contributed by atoms with Crippen molar-refractivity contribution in [1.29, 1.82) is 0 Å². The minimum Gasteiger partial charge on any atom is -0.398 e. The summed E-state index contributed by atoms with van der Waals surface area (Å²) < 4.78 is 0. The number of hydrogen-bond donors (Lipinski definition) is 3. The van der Waals surface area contributed by atoms with Crippen LogP contribution < -0.4 is 11.1 Å². The number of anilines is 1. The maximum absolute atomic E-state index is 12.2. The zero-order valence-electron chi connectivity index (χ0n) is 11.6. The SMILES string of the molecule is Cc1[nH]ncc1CNC(=O)c1cc(N)c2ccccc2n1. The van der Waals surface area contributed by atoms with E-state index >= 15 is 0 Å². The van der Waals surface area contributed by atoms with Crippen LogP contribution in [0.3, 0.4) is 0 Å². The molecule has 6 nitrogen and oxygen atoms in total. The van der Waals surface area contributed by atoms with Crippen LogP contribution in [0.25, 0.3) is 10.9 Å². The van der Waals surface area contributed by atoms with Gasteiger partial charge in [-0.15, -0.1) is 0 Å². The fourth-order valence-electron chi connectivity index (χ4n) is 2.14. The average Bonchev–Trinajstić information content (AvgIpc) is 2.90. The van der Waals surface area contributed by atoms with E-state index in [1.807, 2.05) is 31.2 Å². The normalized spacial score (nSPS) is 10.7. The Morgan fingerprint density at radius 1 is 1.38 bits per heavy atom. The first kappa shape index (κ1) is 13.1. The Kier molecular flexibility index (Phi) is 3.27. The number of H-pyrrole nitrogens is 1. The van der Waals surface area contributed by atoms with E-state index in [9.17, 15) is 4.79 Å². The van der Waals surface area contributed by atoms with Crippen molar-refractivity contribution in [1.82, 2.24) is 20.5 Å². The molecular formula is C15H15N5O. The highest BCUT2D eigenvalue weighted by Gasteiger charge is 2.11. The van der Waals surface area contributed by atoms with E-state index in [4.69, 9.17) is 5.73 Å². The lowest BCUT2D eigenvalue weighted by Gasteiger charge is -2.07. The van der Waals surface area contributed by atoms with Crippen LogP contribution in [0.2, 0.25) is 0 Å². The van der Waals surface area contributed by atoms with Crippen molar-refractivity contribution in [2.75, 3.05) is 5.73 Å². The van der Waals surface area contributed by atoms with Crippen molar-refractivity contribution in [2.24, 2.45) is 0 Å². The van der Waals surface area contributed by atoms with Gasteiger partial charge in [0.2, 0.25) is 0 Å². The first-order valence-corrected chi connectivity index (χ1v) is 6.57. The summed E-state index contributed by atoms with van der Waals surface area (Å²) in [6, 6.07) is 9.07. The fraction of sp³-hybridized carbons (Fsp3) is 0.133. The number of nitrogens with one attached hydrogen (secondary N) is 2. The Morgan fingerprint density at radius 2 is 2.19 bits per heavy atom. The minimum atomic E-state index is -0.256. The summed E-state index contributed by atoms with van der Waals surface area (Å²) in [7, 11) is 0. The molecule has 1 amide bonds. The molecule has 3 aromatic rings. The second-order valence-corrected chi connectivity index (χ2v) is 4.82. The van der Waals surface area contributed by atoms with Gasteiger partial charge >= 0.3 is 0 Å². The van der Waals surface area contributed by atoms with Gasteiger partial charge in [-0.05, 0) is 19.1 Å². The molecule has 1 aromatic carbocycles. The van der Waals surface area contributed by atoms with Gasteiger partial charge in [-0.2, -0.15) is 5.10 Å². The highest BCUT2D eigenvalue weighted by Crippen LogP contribution is 2.20. The van der Waals surface area contributed by atoms with Crippen molar-refractivity contribution in [3.05, 3.63) is 53.5 Å². The third-order valence-corrected chi connectivity index (χ3v) is 3.35. The van der Waals surface area contributed by atoms with Gasteiger partial charge in [-0.25, -0.2) is 4.98 Å². The van der Waals surface area contributed by atoms with Crippen molar-refractivity contribution < 1.29 is 4.79 Å². The smallest absolute Gasteiger partial charge is 0.270 e. The number of amides is 1. The maximum atomic E-state index is 12.2. The van der Waals surface area contributed by atoms with Crippen LogP contribution in [0.15, 0.2) is 36.5 Å². The molecule has 0 aliphatic heterocycles. The predicted octanol–water partition coefficient (Wildman–Crippen LogP) is 1.78. The number of nitrogen functional groups attached to an aromatic ring is 1. The summed E-state index contributed by atoms with van der Waals surface area (Å²) in [6.45, 7) is 2.30. The lowest BCUT2D eigenvalue weighted by atomic mass is 10.1. The number of aromatic amines is 1. The van der Waals surface area contributed by atoms with Crippen LogP contribution in [-0.2, 0) is 6.54 Å². The molecule has 4 N–H and O–H groups in total. The molecule has 2 heterocycles. The van der Waals surface area contributed by atoms with E-state index in [0.717, 1.165) is 16.6 Å². The zero-order chi connectivity index (χ0) is 14.8. The van der Waals surface area contributed by atoms with Gasteiger partial charge in [-0.1, -0.05) is 18.2 Å². The molecule has 0 radical (unpaired) electrons. The zero-order valence-corrected chi connectivity index (χ0v) is 11.6. The third kappa shape index (κ3) is 2.55. The number of aromatic nitrogens is 3. The van der Waals surface area contributed by atoms with Gasteiger partial charge in [0, 0.05) is 28.9 Å². The van der Waals surface area contributed by atoms with Gasteiger partial charge in [0.1, 0.15) is 5.69 Å². The number of para-hydroxylation sites is 1. The molecule has 0 aliphatic carbocycles. The average molecular weight is 281 g/mol. The molecule has 0 unspecified atom stereocenters. The van der Waals surface area contributed by atoms with Gasteiger partial charge < -0.3 is 11.1 Å². The number of rotatable bonds is 3. The van der Waals surface area contributed by atoms with E-state index in [2.05, 4.69) is 20.5 Å². The number of aryl methyl sites for hydroxylation is 1. The number of nitrogens with zero attached hydrogens (tertiary/aromatic N) is 2. The summed E-state index contributed by atoms with van der Waals surface area (Å²) >= 11 is 0. The molecule has 0 atom stereocenters. The first-order chi connectivity index (χ1) is 10.1. The van der Waals surface area contributed by atoms with Crippen molar-refractivity contribution >= 4 is 22.5 Å². The predicted molar refractivity (Wildman–Crippen MR) is 80.7 cm³/mol. The monoisotopic (exact) mass is 281 g/mol. The van der Waals surface area contributed by atoms with E-state index in [0.29, 0.717) is 23.4 Å². The number of carbonyl (C=O) groups excluding carboxylic acids is 1. The lowest BCUT2D eigenvalue weighted by Crippen LogP contribution is -2.24. The van der Waals surface area contributed by atoms with Crippen LogP contribution in [0.5, 0.6) is 0 Å². The molecule has 0 bridgehead atoms. The number of hydrogen-bond acceptors (Lipinski definition) is 4. The van der Waals surface area contributed by atoms with Crippen molar-refractivity contribution in [3.8, 4) is 0 Å². The number of nitrogens with two attached hydrogens (primary N) is 1. The minimum absolute atomic E-state index is 0.256. The molecule has 106 valence electrons. The number of benzene rings is 1. The van der Waals surface area contributed by atoms with Crippen LogP contribution in [-0.4, -0.2) is 21.1 Å². The lowest BCUT2D eigenvalue weighted by molar-refractivity contribution is 0.0946. The molecule has 3 rings (SSSR count). The van der Waals surface area contributed by atoms with E-state index in [1.54, 1.807) is 12.3 Å². The molecule has 0 aliphatic rings. The van der Waals surface area contributed by atoms with Gasteiger partial charge in [0.15, 0.2) is 0 Å². The molecule has 2 aromatic heterocycles. The standard InChI is InChI=1S/C15H15N5O/c1-9-10(8-18-20-9)7-17-15(21)14-6-12(16)11-4-2-3-5-13(11)19-14/h2-6,8H,7H2,1H3,(H2,16,19)(H,17,21)(H,18,20). The van der Waals surface area contributed by atoms with Crippen LogP contribution in [0, 0.1) is 6.92 Å². The second kappa shape index (κ2) is 5.24. The van der Waals surface area contributed by atoms with Gasteiger partial charge in [0.05, 0.1) is 11.7 Å². The molecular weight excluding hydrogens is 266 g/mol. The highest BCUT2D eigenvalue weighted by atomic mass is 16.1. The Labute approximate surface area is 121 Å². The summed E-state index contributed by atoms with van der Waals surface area (Å²) in [5.41, 5.74) is 9.42. The Hall–Kier alpha value is -2.89.